The molecule has 1 amide bonds. The van der Waals surface area contributed by atoms with Crippen LogP contribution in [0.1, 0.15) is 38.3 Å². The molecule has 0 bridgehead atoms. The minimum atomic E-state index is -4.44. The van der Waals surface area contributed by atoms with E-state index in [0.717, 1.165) is 12.1 Å². The van der Waals surface area contributed by atoms with Gasteiger partial charge in [0.25, 0.3) is 0 Å². The third-order valence-corrected chi connectivity index (χ3v) is 3.33. The summed E-state index contributed by atoms with van der Waals surface area (Å²) in [7, 11) is 0. The maximum atomic E-state index is 12.7. The number of aliphatic hydroxyl groups excluding tert-OH is 1. The predicted octanol–water partition coefficient (Wildman–Crippen LogP) is 2.87. The van der Waals surface area contributed by atoms with Gasteiger partial charge in [0.15, 0.2) is 0 Å². The van der Waals surface area contributed by atoms with Crippen molar-refractivity contribution in [3.8, 4) is 0 Å². The van der Waals surface area contributed by atoms with Gasteiger partial charge >= 0.3 is 6.18 Å². The lowest BCUT2D eigenvalue weighted by atomic mass is 9.83. The molecular weight excluding hydrogens is 283 g/mol. The van der Waals surface area contributed by atoms with Crippen LogP contribution < -0.4 is 5.32 Å². The zero-order valence-electron chi connectivity index (χ0n) is 12.3. The van der Waals surface area contributed by atoms with Crippen LogP contribution in [-0.4, -0.2) is 23.7 Å². The highest BCUT2D eigenvalue weighted by atomic mass is 19.4. The van der Waals surface area contributed by atoms with Crippen LogP contribution in [0.25, 0.3) is 0 Å². The zero-order valence-corrected chi connectivity index (χ0v) is 12.3. The molecule has 0 aliphatic carbocycles. The second-order valence-corrected chi connectivity index (χ2v) is 5.60. The monoisotopic (exact) mass is 303 g/mol. The molecule has 0 saturated carbocycles. The molecule has 0 heterocycles. The van der Waals surface area contributed by atoms with Crippen molar-refractivity contribution in [2.24, 2.45) is 0 Å². The molecule has 3 nitrogen and oxygen atoms in total. The van der Waals surface area contributed by atoms with Gasteiger partial charge in [-0.2, -0.15) is 13.2 Å². The highest BCUT2D eigenvalue weighted by Crippen LogP contribution is 2.32. The molecule has 0 fully saturated rings. The van der Waals surface area contributed by atoms with E-state index in [9.17, 15) is 18.0 Å². The van der Waals surface area contributed by atoms with Crippen LogP contribution in [-0.2, 0) is 16.4 Å². The van der Waals surface area contributed by atoms with Crippen molar-refractivity contribution in [3.63, 3.8) is 0 Å². The number of hydrogen-bond acceptors (Lipinski definition) is 2. The van der Waals surface area contributed by atoms with Crippen molar-refractivity contribution in [2.75, 3.05) is 6.54 Å². The maximum Gasteiger partial charge on any atom is 0.416 e. The number of alkyl halides is 3. The Labute approximate surface area is 122 Å². The normalized spacial score (nSPS) is 13.9. The van der Waals surface area contributed by atoms with E-state index in [1.165, 1.54) is 12.1 Å². The molecule has 2 N–H and O–H groups in total. The number of hydrogen-bond donors (Lipinski definition) is 2. The highest BCUT2D eigenvalue weighted by molar-refractivity contribution is 5.87. The SMILES string of the molecule is CC(O)CCNC(=O)C(C)(C)c1cccc(C(F)(F)F)c1. The highest BCUT2D eigenvalue weighted by Gasteiger charge is 2.34. The molecule has 1 aromatic rings. The molecule has 21 heavy (non-hydrogen) atoms. The summed E-state index contributed by atoms with van der Waals surface area (Å²) >= 11 is 0. The number of carbonyl (C=O) groups excluding carboxylic acids is 1. The summed E-state index contributed by atoms with van der Waals surface area (Å²) in [5.74, 6) is -0.373. The Balaban J connectivity index is 2.89. The van der Waals surface area contributed by atoms with E-state index in [4.69, 9.17) is 5.11 Å². The third-order valence-electron chi connectivity index (χ3n) is 3.33. The van der Waals surface area contributed by atoms with E-state index in [2.05, 4.69) is 5.32 Å². The van der Waals surface area contributed by atoms with E-state index in [1.807, 2.05) is 0 Å². The molecule has 0 saturated heterocycles. The van der Waals surface area contributed by atoms with Gasteiger partial charge in [0, 0.05) is 6.54 Å². The number of nitrogens with one attached hydrogen (secondary N) is 1. The zero-order chi connectivity index (χ0) is 16.3. The van der Waals surface area contributed by atoms with Crippen molar-refractivity contribution < 1.29 is 23.1 Å². The van der Waals surface area contributed by atoms with Crippen molar-refractivity contribution in [3.05, 3.63) is 35.4 Å². The second-order valence-electron chi connectivity index (χ2n) is 5.60. The van der Waals surface area contributed by atoms with Gasteiger partial charge in [-0.25, -0.2) is 0 Å². The van der Waals surface area contributed by atoms with E-state index < -0.39 is 23.3 Å². The summed E-state index contributed by atoms with van der Waals surface area (Å²) < 4.78 is 38.2. The van der Waals surface area contributed by atoms with Gasteiger partial charge in [0.05, 0.1) is 17.1 Å². The first kappa shape index (κ1) is 17.5. The first-order valence-electron chi connectivity index (χ1n) is 6.69. The molecule has 0 aliphatic heterocycles. The van der Waals surface area contributed by atoms with Crippen LogP contribution in [0.4, 0.5) is 13.2 Å². The quantitative estimate of drug-likeness (QED) is 0.879. The van der Waals surface area contributed by atoms with Crippen LogP contribution in [0.15, 0.2) is 24.3 Å². The Hall–Kier alpha value is -1.56. The van der Waals surface area contributed by atoms with Crippen molar-refractivity contribution in [1.29, 1.82) is 0 Å². The number of halogens is 3. The predicted molar refractivity (Wildman–Crippen MR) is 73.8 cm³/mol. The third kappa shape index (κ3) is 4.74. The first-order valence-corrected chi connectivity index (χ1v) is 6.69. The van der Waals surface area contributed by atoms with Gasteiger partial charge in [-0.3, -0.25) is 4.79 Å². The smallest absolute Gasteiger partial charge is 0.393 e. The molecule has 0 spiro atoms. The average Bonchev–Trinajstić information content (AvgIpc) is 2.37. The van der Waals surface area contributed by atoms with Crippen molar-refractivity contribution in [2.45, 2.75) is 44.9 Å². The van der Waals surface area contributed by atoms with E-state index in [-0.39, 0.29) is 12.5 Å². The molecule has 1 atom stereocenters. The van der Waals surface area contributed by atoms with Crippen LogP contribution >= 0.6 is 0 Å². The lowest BCUT2D eigenvalue weighted by Crippen LogP contribution is -2.41. The average molecular weight is 303 g/mol. The number of amides is 1. The standard InChI is InChI=1S/C15H20F3NO2/c1-10(20)7-8-19-13(21)14(2,3)11-5-4-6-12(9-11)15(16,17)18/h4-6,9-10,20H,7-8H2,1-3H3,(H,19,21). The Morgan fingerprint density at radius 3 is 2.38 bits per heavy atom. The summed E-state index contributed by atoms with van der Waals surface area (Å²) in [4.78, 5) is 12.1. The fourth-order valence-electron chi connectivity index (χ4n) is 1.83. The van der Waals surface area contributed by atoms with E-state index in [0.29, 0.717) is 12.0 Å². The molecule has 1 unspecified atom stereocenters. The molecule has 0 radical (unpaired) electrons. The largest absolute Gasteiger partial charge is 0.416 e. The number of aliphatic hydroxyl groups is 1. The molecular formula is C15H20F3NO2. The summed E-state index contributed by atoms with van der Waals surface area (Å²) in [6.07, 6.45) is -4.58. The molecule has 6 heteroatoms. The van der Waals surface area contributed by atoms with E-state index in [1.54, 1.807) is 20.8 Å². The molecule has 118 valence electrons. The second kappa shape index (κ2) is 6.47. The van der Waals surface area contributed by atoms with Gasteiger partial charge in [-0.1, -0.05) is 18.2 Å². The van der Waals surface area contributed by atoms with E-state index >= 15 is 0 Å². The summed E-state index contributed by atoms with van der Waals surface area (Å²) in [6.45, 7) is 5.02. The maximum absolute atomic E-state index is 12.7. The number of carbonyl (C=O) groups is 1. The lowest BCUT2D eigenvalue weighted by molar-refractivity contribution is -0.138. The summed E-state index contributed by atoms with van der Waals surface area (Å²) in [6, 6.07) is 4.77. The minimum absolute atomic E-state index is 0.277. The van der Waals surface area contributed by atoms with Crippen LogP contribution in [0.2, 0.25) is 0 Å². The minimum Gasteiger partial charge on any atom is -0.393 e. The van der Waals surface area contributed by atoms with Crippen LogP contribution in [0.3, 0.4) is 0 Å². The summed E-state index contributed by atoms with van der Waals surface area (Å²) in [5, 5.41) is 11.8. The molecule has 1 aromatic carbocycles. The molecule has 1 rings (SSSR count). The summed E-state index contributed by atoms with van der Waals surface area (Å²) in [5.41, 5.74) is -1.56. The number of rotatable bonds is 5. The van der Waals surface area contributed by atoms with Crippen molar-refractivity contribution >= 4 is 5.91 Å². The topological polar surface area (TPSA) is 49.3 Å². The van der Waals surface area contributed by atoms with Gasteiger partial charge < -0.3 is 10.4 Å². The molecule has 0 aromatic heterocycles. The Bertz CT molecular complexity index is 496. The fourth-order valence-corrected chi connectivity index (χ4v) is 1.83. The van der Waals surface area contributed by atoms with Gasteiger partial charge in [-0.15, -0.1) is 0 Å². The van der Waals surface area contributed by atoms with Crippen LogP contribution in [0.5, 0.6) is 0 Å². The Morgan fingerprint density at radius 1 is 1.29 bits per heavy atom. The van der Waals surface area contributed by atoms with Gasteiger partial charge in [0.1, 0.15) is 0 Å². The van der Waals surface area contributed by atoms with Crippen molar-refractivity contribution in [1.82, 2.24) is 5.32 Å². The molecule has 0 aliphatic rings. The fraction of sp³-hybridized carbons (Fsp3) is 0.533. The van der Waals surface area contributed by atoms with Gasteiger partial charge in [0.2, 0.25) is 5.91 Å². The Morgan fingerprint density at radius 2 is 1.86 bits per heavy atom. The lowest BCUT2D eigenvalue weighted by Gasteiger charge is -2.25. The van der Waals surface area contributed by atoms with Crippen LogP contribution in [0, 0.1) is 0 Å². The number of benzene rings is 1. The Kier molecular flexibility index (Phi) is 5.39. The van der Waals surface area contributed by atoms with Gasteiger partial charge in [-0.05, 0) is 38.8 Å². The first-order chi connectivity index (χ1) is 9.55.